The highest BCUT2D eigenvalue weighted by atomic mass is 16.6. The van der Waals surface area contributed by atoms with E-state index in [0.29, 0.717) is 24.9 Å². The summed E-state index contributed by atoms with van der Waals surface area (Å²) in [4.78, 5) is 17.4. The minimum atomic E-state index is -0.312. The van der Waals surface area contributed by atoms with Crippen molar-refractivity contribution < 1.29 is 14.1 Å². The van der Waals surface area contributed by atoms with Crippen LogP contribution in [-0.2, 0) is 4.74 Å². The lowest BCUT2D eigenvalue weighted by Gasteiger charge is -2.16. The van der Waals surface area contributed by atoms with Gasteiger partial charge in [-0.05, 0) is 32.0 Å². The lowest BCUT2D eigenvalue weighted by molar-refractivity contribution is 0.181. The van der Waals surface area contributed by atoms with Gasteiger partial charge in [-0.2, -0.15) is 4.98 Å². The minimum Gasteiger partial charge on any atom is -0.447 e. The molecule has 0 spiro atoms. The van der Waals surface area contributed by atoms with E-state index in [4.69, 9.17) is 9.26 Å². The van der Waals surface area contributed by atoms with Gasteiger partial charge in [0, 0.05) is 11.4 Å². The Bertz CT molecular complexity index is 655. The molecule has 1 aromatic carbocycles. The Morgan fingerprint density at radius 3 is 2.95 bits per heavy atom. The van der Waals surface area contributed by atoms with Gasteiger partial charge in [0.15, 0.2) is 5.82 Å². The minimum absolute atomic E-state index is 0.119. The number of aromatic nitrogens is 2. The smallest absolute Gasteiger partial charge is 0.414 e. The van der Waals surface area contributed by atoms with Crippen LogP contribution in [0, 0.1) is 6.92 Å². The SMILES string of the molecule is Cc1noc([C@H](C)Nc2cccc(N3CCOC3=O)c2)n1. The molecule has 1 N–H and O–H groups in total. The quantitative estimate of drug-likeness (QED) is 0.931. The molecule has 1 atom stereocenters. The van der Waals surface area contributed by atoms with Crippen LogP contribution in [0.15, 0.2) is 28.8 Å². The van der Waals surface area contributed by atoms with E-state index in [-0.39, 0.29) is 12.1 Å². The molecule has 1 amide bonds. The summed E-state index contributed by atoms with van der Waals surface area (Å²) in [5, 5.41) is 7.05. The maximum Gasteiger partial charge on any atom is 0.414 e. The summed E-state index contributed by atoms with van der Waals surface area (Å²) >= 11 is 0. The van der Waals surface area contributed by atoms with Crippen LogP contribution in [0.1, 0.15) is 24.7 Å². The van der Waals surface area contributed by atoms with Crippen LogP contribution >= 0.6 is 0 Å². The number of anilines is 2. The molecular weight excluding hydrogens is 272 g/mol. The number of aryl methyl sites for hydroxylation is 1. The summed E-state index contributed by atoms with van der Waals surface area (Å²) in [6, 6.07) is 7.46. The van der Waals surface area contributed by atoms with Gasteiger partial charge in [0.1, 0.15) is 12.6 Å². The lowest BCUT2D eigenvalue weighted by atomic mass is 10.2. The number of nitrogens with zero attached hydrogens (tertiary/aromatic N) is 3. The van der Waals surface area contributed by atoms with Crippen molar-refractivity contribution in [2.45, 2.75) is 19.9 Å². The van der Waals surface area contributed by atoms with E-state index in [9.17, 15) is 4.79 Å². The standard InChI is InChI=1S/C14H16N4O3/c1-9(13-16-10(2)17-21-13)15-11-4-3-5-12(8-11)18-6-7-20-14(18)19/h3-5,8-9,15H,6-7H2,1-2H3/t9-/m0/s1. The molecule has 2 heterocycles. The van der Waals surface area contributed by atoms with Crippen molar-refractivity contribution >= 4 is 17.5 Å². The van der Waals surface area contributed by atoms with Crippen LogP contribution in [-0.4, -0.2) is 29.4 Å². The lowest BCUT2D eigenvalue weighted by Crippen LogP contribution is -2.23. The van der Waals surface area contributed by atoms with Gasteiger partial charge in [-0.1, -0.05) is 11.2 Å². The van der Waals surface area contributed by atoms with Gasteiger partial charge in [-0.25, -0.2) is 4.79 Å². The number of hydrogen-bond donors (Lipinski definition) is 1. The third kappa shape index (κ3) is 2.81. The van der Waals surface area contributed by atoms with E-state index in [0.717, 1.165) is 11.4 Å². The van der Waals surface area contributed by atoms with E-state index in [2.05, 4.69) is 15.5 Å². The molecule has 0 aliphatic carbocycles. The normalized spacial score (nSPS) is 15.9. The summed E-state index contributed by atoms with van der Waals surface area (Å²) in [6.45, 7) is 4.71. The van der Waals surface area contributed by atoms with Crippen molar-refractivity contribution in [2.24, 2.45) is 0 Å². The Kier molecular flexibility index (Phi) is 3.47. The zero-order valence-electron chi connectivity index (χ0n) is 11.9. The fourth-order valence-corrected chi connectivity index (χ4v) is 2.19. The van der Waals surface area contributed by atoms with Crippen LogP contribution < -0.4 is 10.2 Å². The average Bonchev–Trinajstić information content (AvgIpc) is 3.08. The summed E-state index contributed by atoms with van der Waals surface area (Å²) in [7, 11) is 0. The number of carbonyl (C=O) groups excluding carboxylic acids is 1. The van der Waals surface area contributed by atoms with Crippen molar-refractivity contribution in [1.29, 1.82) is 0 Å². The molecule has 1 saturated heterocycles. The van der Waals surface area contributed by atoms with Gasteiger partial charge >= 0.3 is 6.09 Å². The molecule has 7 heteroatoms. The monoisotopic (exact) mass is 288 g/mol. The maximum atomic E-state index is 11.6. The number of benzene rings is 1. The van der Waals surface area contributed by atoms with Crippen LogP contribution in [0.4, 0.5) is 16.2 Å². The van der Waals surface area contributed by atoms with Crippen LogP contribution in [0.2, 0.25) is 0 Å². The zero-order valence-corrected chi connectivity index (χ0v) is 11.9. The van der Waals surface area contributed by atoms with Gasteiger partial charge in [0.25, 0.3) is 0 Å². The highest BCUT2D eigenvalue weighted by Crippen LogP contribution is 2.25. The molecule has 7 nitrogen and oxygen atoms in total. The Hall–Kier alpha value is -2.57. The molecule has 0 saturated carbocycles. The highest BCUT2D eigenvalue weighted by Gasteiger charge is 2.23. The molecule has 21 heavy (non-hydrogen) atoms. The fourth-order valence-electron chi connectivity index (χ4n) is 2.19. The van der Waals surface area contributed by atoms with Gasteiger partial charge < -0.3 is 14.6 Å². The Balaban J connectivity index is 1.75. The maximum absolute atomic E-state index is 11.6. The third-order valence-corrected chi connectivity index (χ3v) is 3.22. The Morgan fingerprint density at radius 1 is 1.43 bits per heavy atom. The molecule has 1 aliphatic rings. The molecule has 0 bridgehead atoms. The zero-order chi connectivity index (χ0) is 14.8. The van der Waals surface area contributed by atoms with E-state index in [1.54, 1.807) is 11.8 Å². The summed E-state index contributed by atoms with van der Waals surface area (Å²) in [5.74, 6) is 1.13. The average molecular weight is 288 g/mol. The largest absolute Gasteiger partial charge is 0.447 e. The molecule has 1 aromatic heterocycles. The van der Waals surface area contributed by atoms with E-state index >= 15 is 0 Å². The first kappa shape index (κ1) is 13.4. The fraction of sp³-hybridized carbons (Fsp3) is 0.357. The number of hydrogen-bond acceptors (Lipinski definition) is 6. The predicted molar refractivity (Wildman–Crippen MR) is 76.2 cm³/mol. The molecule has 110 valence electrons. The van der Waals surface area contributed by atoms with Crippen molar-refractivity contribution in [3.8, 4) is 0 Å². The first-order valence-electron chi connectivity index (χ1n) is 6.74. The van der Waals surface area contributed by atoms with Crippen molar-refractivity contribution in [1.82, 2.24) is 10.1 Å². The van der Waals surface area contributed by atoms with Gasteiger partial charge in [0.05, 0.1) is 6.54 Å². The second-order valence-electron chi connectivity index (χ2n) is 4.86. The van der Waals surface area contributed by atoms with E-state index in [1.165, 1.54) is 0 Å². The number of cyclic esters (lactones) is 1. The second-order valence-corrected chi connectivity index (χ2v) is 4.86. The number of ether oxygens (including phenoxy) is 1. The van der Waals surface area contributed by atoms with Gasteiger partial charge in [-0.3, -0.25) is 4.90 Å². The predicted octanol–water partition coefficient (Wildman–Crippen LogP) is 2.51. The topological polar surface area (TPSA) is 80.5 Å². The van der Waals surface area contributed by atoms with Crippen molar-refractivity contribution in [3.63, 3.8) is 0 Å². The third-order valence-electron chi connectivity index (χ3n) is 3.22. The van der Waals surface area contributed by atoms with Crippen LogP contribution in [0.25, 0.3) is 0 Å². The first-order valence-corrected chi connectivity index (χ1v) is 6.74. The first-order chi connectivity index (χ1) is 10.1. The Morgan fingerprint density at radius 2 is 2.29 bits per heavy atom. The number of nitrogens with one attached hydrogen (secondary N) is 1. The molecule has 1 aliphatic heterocycles. The van der Waals surface area contributed by atoms with Gasteiger partial charge in [0.2, 0.25) is 5.89 Å². The number of carbonyl (C=O) groups is 1. The molecule has 0 unspecified atom stereocenters. The van der Waals surface area contributed by atoms with E-state index in [1.807, 2.05) is 31.2 Å². The van der Waals surface area contributed by atoms with E-state index < -0.39 is 0 Å². The molecule has 1 fully saturated rings. The Labute approximate surface area is 121 Å². The molecule has 3 rings (SSSR count). The van der Waals surface area contributed by atoms with Crippen LogP contribution in [0.3, 0.4) is 0 Å². The number of rotatable bonds is 4. The molecule has 2 aromatic rings. The molecule has 0 radical (unpaired) electrons. The summed E-state index contributed by atoms with van der Waals surface area (Å²) < 4.78 is 10.1. The summed E-state index contributed by atoms with van der Waals surface area (Å²) in [5.41, 5.74) is 1.67. The van der Waals surface area contributed by atoms with Gasteiger partial charge in [-0.15, -0.1) is 0 Å². The summed E-state index contributed by atoms with van der Waals surface area (Å²) in [6.07, 6.45) is -0.312. The highest BCUT2D eigenvalue weighted by molar-refractivity contribution is 5.89. The van der Waals surface area contributed by atoms with Crippen molar-refractivity contribution in [2.75, 3.05) is 23.4 Å². The second kappa shape index (κ2) is 5.43. The van der Waals surface area contributed by atoms with Crippen LogP contribution in [0.5, 0.6) is 0 Å². The molecular formula is C14H16N4O3. The number of amides is 1. The van der Waals surface area contributed by atoms with Crippen molar-refractivity contribution in [3.05, 3.63) is 36.0 Å².